The van der Waals surface area contributed by atoms with Gasteiger partial charge in [-0.2, -0.15) is 0 Å². The van der Waals surface area contributed by atoms with Gasteiger partial charge in [0.25, 0.3) is 0 Å². The van der Waals surface area contributed by atoms with Crippen LogP contribution >= 0.6 is 0 Å². The molecule has 0 aliphatic heterocycles. The number of methoxy groups -OCH3 is 1. The summed E-state index contributed by atoms with van der Waals surface area (Å²) in [7, 11) is 1.49. The van der Waals surface area contributed by atoms with Crippen molar-refractivity contribution in [3.63, 3.8) is 0 Å². The second kappa shape index (κ2) is 14.4. The van der Waals surface area contributed by atoms with Crippen molar-refractivity contribution in [2.75, 3.05) is 7.11 Å². The van der Waals surface area contributed by atoms with Gasteiger partial charge >= 0.3 is 5.97 Å². The van der Waals surface area contributed by atoms with Crippen molar-refractivity contribution in [3.05, 3.63) is 23.9 Å². The number of carboxylic acids is 1. The summed E-state index contributed by atoms with van der Waals surface area (Å²) in [6.07, 6.45) is 1.38. The molecule has 0 aromatic carbocycles. The first kappa shape index (κ1) is 20.8. The molecule has 1 N–H and O–H groups in total. The van der Waals surface area contributed by atoms with E-state index in [0.717, 1.165) is 0 Å². The summed E-state index contributed by atoms with van der Waals surface area (Å²) in [6, 6.07) is 0. The highest BCUT2D eigenvalue weighted by Crippen LogP contribution is 2.02. The highest BCUT2D eigenvalue weighted by atomic mass is 16.5. The van der Waals surface area contributed by atoms with E-state index in [1.54, 1.807) is 6.92 Å². The van der Waals surface area contributed by atoms with Crippen LogP contribution in [0.3, 0.4) is 0 Å². The first-order valence-corrected chi connectivity index (χ1v) is 5.67. The minimum atomic E-state index is -0.980. The quantitative estimate of drug-likeness (QED) is 0.356. The molecule has 0 aliphatic rings. The van der Waals surface area contributed by atoms with Crippen LogP contribution in [0.4, 0.5) is 0 Å². The van der Waals surface area contributed by atoms with E-state index in [-0.39, 0.29) is 5.57 Å². The largest absolute Gasteiger partial charge is 0.484 e. The standard InChI is InChI=1S/C9H13NO3.2C2H6/c1-6(9(11)12)5-7(2)10-8(3)13-4;2*1-2/h5H,2H2,1,3-4H3,(H,11,12);2*1-2H3/b6-5+,10-8?;;. The monoisotopic (exact) mass is 243 g/mol. The first-order valence-electron chi connectivity index (χ1n) is 5.67. The maximum atomic E-state index is 10.4. The normalized spacial score (nSPS) is 10.3. The van der Waals surface area contributed by atoms with Crippen molar-refractivity contribution in [2.24, 2.45) is 4.99 Å². The predicted molar refractivity (Wildman–Crippen MR) is 73.3 cm³/mol. The molecule has 0 rings (SSSR count). The molecular weight excluding hydrogens is 218 g/mol. The lowest BCUT2D eigenvalue weighted by Gasteiger charge is -1.97. The molecule has 4 nitrogen and oxygen atoms in total. The van der Waals surface area contributed by atoms with Gasteiger partial charge in [0.05, 0.1) is 12.8 Å². The summed E-state index contributed by atoms with van der Waals surface area (Å²) in [4.78, 5) is 14.3. The molecule has 0 heterocycles. The summed E-state index contributed by atoms with van der Waals surface area (Å²) in [5, 5.41) is 8.53. The van der Waals surface area contributed by atoms with Gasteiger partial charge in [-0.25, -0.2) is 9.79 Å². The van der Waals surface area contributed by atoms with Crippen LogP contribution in [0.15, 0.2) is 28.9 Å². The number of carbonyl (C=O) groups is 1. The number of hydrogen-bond donors (Lipinski definition) is 1. The lowest BCUT2D eigenvalue weighted by molar-refractivity contribution is -0.132. The minimum Gasteiger partial charge on any atom is -0.484 e. The third kappa shape index (κ3) is 14.4. The van der Waals surface area contributed by atoms with Crippen LogP contribution in [0, 0.1) is 0 Å². The van der Waals surface area contributed by atoms with Crippen molar-refractivity contribution >= 4 is 11.9 Å². The number of rotatable bonds is 3. The maximum absolute atomic E-state index is 10.4. The van der Waals surface area contributed by atoms with Gasteiger partial charge < -0.3 is 9.84 Å². The first-order chi connectivity index (χ1) is 7.97. The van der Waals surface area contributed by atoms with E-state index in [2.05, 4.69) is 11.6 Å². The van der Waals surface area contributed by atoms with Gasteiger partial charge in [-0.15, -0.1) is 0 Å². The van der Waals surface area contributed by atoms with Crippen LogP contribution in [0.1, 0.15) is 41.5 Å². The number of hydrogen-bond acceptors (Lipinski definition) is 3. The van der Waals surface area contributed by atoms with Crippen LogP contribution in [0.25, 0.3) is 0 Å². The van der Waals surface area contributed by atoms with Crippen LogP contribution in [0.2, 0.25) is 0 Å². The highest BCUT2D eigenvalue weighted by Gasteiger charge is 1.99. The lowest BCUT2D eigenvalue weighted by Crippen LogP contribution is -1.97. The Kier molecular flexibility index (Phi) is 17.6. The van der Waals surface area contributed by atoms with E-state index < -0.39 is 5.97 Å². The molecule has 0 saturated heterocycles. The van der Waals surface area contributed by atoms with Gasteiger partial charge in [0.2, 0.25) is 0 Å². The second-order valence-corrected chi connectivity index (χ2v) is 2.46. The lowest BCUT2D eigenvalue weighted by atomic mass is 10.2. The molecule has 0 atom stereocenters. The predicted octanol–water partition coefficient (Wildman–Crippen LogP) is 3.65. The van der Waals surface area contributed by atoms with Crippen LogP contribution in [0.5, 0.6) is 0 Å². The van der Waals surface area contributed by atoms with Gasteiger partial charge in [-0.05, 0) is 13.0 Å². The number of allylic oxidation sites excluding steroid dienone is 1. The molecule has 100 valence electrons. The Bertz CT molecular complexity index is 278. The van der Waals surface area contributed by atoms with Gasteiger partial charge in [0.15, 0.2) is 5.90 Å². The summed E-state index contributed by atoms with van der Waals surface area (Å²) < 4.78 is 4.78. The summed E-state index contributed by atoms with van der Waals surface area (Å²) in [5.74, 6) is -0.536. The zero-order valence-corrected chi connectivity index (χ0v) is 12.0. The Hall–Kier alpha value is -1.58. The molecule has 0 aromatic rings. The third-order valence-electron chi connectivity index (χ3n) is 1.32. The fourth-order valence-corrected chi connectivity index (χ4v) is 0.592. The molecule has 0 radical (unpaired) electrons. The molecule has 0 aliphatic carbocycles. The molecule has 0 spiro atoms. The number of carboxylic acid groups (broad SMARTS) is 1. The molecule has 4 heteroatoms. The van der Waals surface area contributed by atoms with Gasteiger partial charge in [-0.3, -0.25) is 0 Å². The van der Waals surface area contributed by atoms with E-state index in [4.69, 9.17) is 9.84 Å². The SMILES string of the molecule is C=C(/C=C(\C)C(=O)O)N=C(C)OC.CC.CC. The summed E-state index contributed by atoms with van der Waals surface area (Å²) in [6.45, 7) is 14.7. The molecule has 0 aromatic heterocycles. The Balaban J connectivity index is -0.000000439. The molecule has 17 heavy (non-hydrogen) atoms. The van der Waals surface area contributed by atoms with Crippen molar-refractivity contribution in [1.82, 2.24) is 0 Å². The second-order valence-electron chi connectivity index (χ2n) is 2.46. The molecule has 0 amide bonds. The fraction of sp³-hybridized carbons (Fsp3) is 0.538. The molecule has 0 bridgehead atoms. The topological polar surface area (TPSA) is 58.9 Å². The average molecular weight is 243 g/mol. The van der Waals surface area contributed by atoms with Crippen molar-refractivity contribution in [3.8, 4) is 0 Å². The van der Waals surface area contributed by atoms with Gasteiger partial charge in [-0.1, -0.05) is 34.3 Å². The van der Waals surface area contributed by atoms with Crippen LogP contribution in [-0.2, 0) is 9.53 Å². The fourth-order valence-electron chi connectivity index (χ4n) is 0.592. The molecule has 0 saturated carbocycles. The Labute approximate surface area is 105 Å². The Morgan fingerprint density at radius 3 is 1.94 bits per heavy atom. The van der Waals surface area contributed by atoms with Crippen LogP contribution < -0.4 is 0 Å². The summed E-state index contributed by atoms with van der Waals surface area (Å²) in [5.41, 5.74) is 0.553. The zero-order chi connectivity index (χ0) is 14.4. The number of ether oxygens (including phenoxy) is 1. The van der Waals surface area contributed by atoms with E-state index in [9.17, 15) is 4.79 Å². The highest BCUT2D eigenvalue weighted by molar-refractivity contribution is 5.86. The van der Waals surface area contributed by atoms with Crippen LogP contribution in [-0.4, -0.2) is 24.1 Å². The summed E-state index contributed by atoms with van der Waals surface area (Å²) >= 11 is 0. The maximum Gasteiger partial charge on any atom is 0.331 e. The van der Waals surface area contributed by atoms with Crippen molar-refractivity contribution in [1.29, 1.82) is 0 Å². The molecular formula is C13H25NO3. The van der Waals surface area contributed by atoms with Gasteiger partial charge in [0, 0.05) is 12.5 Å². The zero-order valence-electron chi connectivity index (χ0n) is 12.0. The Morgan fingerprint density at radius 1 is 1.24 bits per heavy atom. The van der Waals surface area contributed by atoms with E-state index in [1.165, 1.54) is 20.1 Å². The van der Waals surface area contributed by atoms with E-state index >= 15 is 0 Å². The average Bonchev–Trinajstić information content (AvgIpc) is 2.33. The molecule has 0 unspecified atom stereocenters. The smallest absolute Gasteiger partial charge is 0.331 e. The van der Waals surface area contributed by atoms with E-state index in [0.29, 0.717) is 11.6 Å². The van der Waals surface area contributed by atoms with Crippen molar-refractivity contribution < 1.29 is 14.6 Å². The third-order valence-corrected chi connectivity index (χ3v) is 1.32. The van der Waals surface area contributed by atoms with E-state index in [1.807, 2.05) is 27.7 Å². The van der Waals surface area contributed by atoms with Gasteiger partial charge in [0.1, 0.15) is 0 Å². The van der Waals surface area contributed by atoms with Crippen molar-refractivity contribution in [2.45, 2.75) is 41.5 Å². The minimum absolute atomic E-state index is 0.192. The number of aliphatic carboxylic acids is 1. The number of nitrogens with zero attached hydrogens (tertiary/aromatic N) is 1. The number of aliphatic imine (C=N–C) groups is 1. The Morgan fingerprint density at radius 2 is 1.65 bits per heavy atom. The molecule has 0 fully saturated rings.